The smallest absolute Gasteiger partial charge is 0.200 e. The van der Waals surface area contributed by atoms with Crippen molar-refractivity contribution in [3.8, 4) is 5.75 Å². The molecule has 0 spiro atoms. The SMILES string of the molecule is CCCCOc1cc(CCO)cc(F)c1F. The van der Waals surface area contributed by atoms with Gasteiger partial charge >= 0.3 is 0 Å². The summed E-state index contributed by atoms with van der Waals surface area (Å²) >= 11 is 0. The molecule has 1 N–H and O–H groups in total. The van der Waals surface area contributed by atoms with Crippen LogP contribution in [0.15, 0.2) is 12.1 Å². The van der Waals surface area contributed by atoms with Crippen molar-refractivity contribution in [2.24, 2.45) is 0 Å². The van der Waals surface area contributed by atoms with Crippen molar-refractivity contribution in [1.82, 2.24) is 0 Å². The highest BCUT2D eigenvalue weighted by molar-refractivity contribution is 5.31. The lowest BCUT2D eigenvalue weighted by Gasteiger charge is -2.09. The Hall–Kier alpha value is -1.16. The van der Waals surface area contributed by atoms with E-state index >= 15 is 0 Å². The summed E-state index contributed by atoms with van der Waals surface area (Å²) < 4.78 is 31.6. The quantitative estimate of drug-likeness (QED) is 0.761. The molecule has 16 heavy (non-hydrogen) atoms. The zero-order valence-electron chi connectivity index (χ0n) is 9.30. The van der Waals surface area contributed by atoms with Crippen LogP contribution in [-0.2, 0) is 6.42 Å². The van der Waals surface area contributed by atoms with Gasteiger partial charge in [0.05, 0.1) is 6.61 Å². The molecule has 1 aromatic rings. The lowest BCUT2D eigenvalue weighted by atomic mass is 10.1. The van der Waals surface area contributed by atoms with Crippen LogP contribution in [0.1, 0.15) is 25.3 Å². The Morgan fingerprint density at radius 1 is 1.31 bits per heavy atom. The molecule has 0 saturated carbocycles. The molecule has 90 valence electrons. The van der Waals surface area contributed by atoms with Crippen molar-refractivity contribution >= 4 is 0 Å². The number of aliphatic hydroxyl groups is 1. The number of rotatable bonds is 6. The molecule has 0 unspecified atom stereocenters. The summed E-state index contributed by atoms with van der Waals surface area (Å²) in [5.74, 6) is -1.97. The number of benzene rings is 1. The summed E-state index contributed by atoms with van der Waals surface area (Å²) in [6.07, 6.45) is 2.02. The van der Waals surface area contributed by atoms with E-state index in [9.17, 15) is 8.78 Å². The Labute approximate surface area is 93.9 Å². The Balaban J connectivity index is 2.79. The molecule has 0 radical (unpaired) electrons. The molecule has 0 saturated heterocycles. The minimum absolute atomic E-state index is 0.0723. The third-order valence-corrected chi connectivity index (χ3v) is 2.21. The fraction of sp³-hybridized carbons (Fsp3) is 0.500. The van der Waals surface area contributed by atoms with Gasteiger partial charge < -0.3 is 9.84 Å². The summed E-state index contributed by atoms with van der Waals surface area (Å²) in [6.45, 7) is 2.26. The standard InChI is InChI=1S/C12H16F2O2/c1-2-3-6-16-11-8-9(4-5-15)7-10(13)12(11)14/h7-8,15H,2-6H2,1H3. The maximum Gasteiger partial charge on any atom is 0.200 e. The predicted octanol–water partition coefficient (Wildman–Crippen LogP) is 2.68. The molecule has 0 amide bonds. The molecule has 0 aliphatic rings. The monoisotopic (exact) mass is 230 g/mol. The molecule has 0 heterocycles. The first-order valence-corrected chi connectivity index (χ1v) is 5.40. The minimum Gasteiger partial charge on any atom is -0.490 e. The van der Waals surface area contributed by atoms with Crippen LogP contribution in [0.2, 0.25) is 0 Å². The van der Waals surface area contributed by atoms with Crippen LogP contribution in [-0.4, -0.2) is 18.3 Å². The first-order valence-electron chi connectivity index (χ1n) is 5.40. The van der Waals surface area contributed by atoms with E-state index in [2.05, 4.69) is 0 Å². The Bertz CT molecular complexity index is 340. The van der Waals surface area contributed by atoms with Crippen molar-refractivity contribution in [2.75, 3.05) is 13.2 Å². The summed E-state index contributed by atoms with van der Waals surface area (Å²) in [4.78, 5) is 0. The Morgan fingerprint density at radius 3 is 2.69 bits per heavy atom. The third-order valence-electron chi connectivity index (χ3n) is 2.21. The van der Waals surface area contributed by atoms with Gasteiger partial charge in [-0.2, -0.15) is 4.39 Å². The molecule has 0 atom stereocenters. The molecule has 4 heteroatoms. The van der Waals surface area contributed by atoms with Crippen LogP contribution in [0.4, 0.5) is 8.78 Å². The summed E-state index contributed by atoms with van der Waals surface area (Å²) in [5, 5.41) is 8.73. The number of hydrogen-bond donors (Lipinski definition) is 1. The highest BCUT2D eigenvalue weighted by Gasteiger charge is 2.11. The zero-order chi connectivity index (χ0) is 12.0. The van der Waals surface area contributed by atoms with E-state index in [1.165, 1.54) is 6.07 Å². The van der Waals surface area contributed by atoms with Crippen molar-refractivity contribution in [1.29, 1.82) is 0 Å². The highest BCUT2D eigenvalue weighted by atomic mass is 19.2. The van der Waals surface area contributed by atoms with Gasteiger partial charge in [0.25, 0.3) is 0 Å². The number of unbranched alkanes of at least 4 members (excludes halogenated alkanes) is 1. The normalized spacial score (nSPS) is 10.5. The van der Waals surface area contributed by atoms with Crippen LogP contribution < -0.4 is 4.74 Å². The van der Waals surface area contributed by atoms with Crippen molar-refractivity contribution in [2.45, 2.75) is 26.2 Å². The largest absolute Gasteiger partial charge is 0.490 e. The second-order valence-electron chi connectivity index (χ2n) is 3.57. The van der Waals surface area contributed by atoms with Gasteiger partial charge in [0.15, 0.2) is 11.6 Å². The third kappa shape index (κ3) is 3.45. The van der Waals surface area contributed by atoms with E-state index in [0.29, 0.717) is 18.6 Å². The van der Waals surface area contributed by atoms with Crippen molar-refractivity contribution in [3.63, 3.8) is 0 Å². The van der Waals surface area contributed by atoms with Crippen LogP contribution in [0.3, 0.4) is 0 Å². The lowest BCUT2D eigenvalue weighted by molar-refractivity contribution is 0.285. The Kier molecular flexibility index (Phi) is 5.19. The van der Waals surface area contributed by atoms with E-state index in [1.807, 2.05) is 6.92 Å². The predicted molar refractivity (Wildman–Crippen MR) is 57.6 cm³/mol. The lowest BCUT2D eigenvalue weighted by Crippen LogP contribution is -2.02. The number of ether oxygens (including phenoxy) is 1. The maximum atomic E-state index is 13.3. The molecular formula is C12H16F2O2. The number of hydrogen-bond acceptors (Lipinski definition) is 2. The van der Waals surface area contributed by atoms with Crippen LogP contribution in [0.25, 0.3) is 0 Å². The zero-order valence-corrected chi connectivity index (χ0v) is 9.30. The minimum atomic E-state index is -0.960. The first kappa shape index (κ1) is 12.9. The molecule has 2 nitrogen and oxygen atoms in total. The van der Waals surface area contributed by atoms with E-state index in [-0.39, 0.29) is 12.4 Å². The second kappa shape index (κ2) is 6.43. The second-order valence-corrected chi connectivity index (χ2v) is 3.57. The summed E-state index contributed by atoms with van der Waals surface area (Å²) in [6, 6.07) is 2.52. The maximum absolute atomic E-state index is 13.3. The number of aliphatic hydroxyl groups excluding tert-OH is 1. The fourth-order valence-electron chi connectivity index (χ4n) is 1.32. The van der Waals surface area contributed by atoms with Crippen LogP contribution in [0, 0.1) is 11.6 Å². The van der Waals surface area contributed by atoms with Gasteiger partial charge in [-0.25, -0.2) is 4.39 Å². The van der Waals surface area contributed by atoms with Crippen LogP contribution >= 0.6 is 0 Å². The molecule has 0 aliphatic carbocycles. The van der Waals surface area contributed by atoms with Gasteiger partial charge in [0.2, 0.25) is 5.82 Å². The van der Waals surface area contributed by atoms with Crippen LogP contribution in [0.5, 0.6) is 5.75 Å². The molecule has 0 bridgehead atoms. The Morgan fingerprint density at radius 2 is 2.06 bits per heavy atom. The molecule has 1 aromatic carbocycles. The average molecular weight is 230 g/mol. The van der Waals surface area contributed by atoms with Gasteiger partial charge in [-0.1, -0.05) is 13.3 Å². The average Bonchev–Trinajstić information content (AvgIpc) is 2.25. The fourth-order valence-corrected chi connectivity index (χ4v) is 1.32. The number of halogens is 2. The molecular weight excluding hydrogens is 214 g/mol. The first-order chi connectivity index (χ1) is 7.69. The van der Waals surface area contributed by atoms with Crippen molar-refractivity contribution < 1.29 is 18.6 Å². The van der Waals surface area contributed by atoms with Gasteiger partial charge in [-0.3, -0.25) is 0 Å². The van der Waals surface area contributed by atoms with E-state index in [4.69, 9.17) is 9.84 Å². The molecule has 1 rings (SSSR count). The van der Waals surface area contributed by atoms with E-state index in [1.54, 1.807) is 0 Å². The van der Waals surface area contributed by atoms with Gasteiger partial charge in [0, 0.05) is 6.61 Å². The summed E-state index contributed by atoms with van der Waals surface area (Å²) in [7, 11) is 0. The topological polar surface area (TPSA) is 29.5 Å². The van der Waals surface area contributed by atoms with Gasteiger partial charge in [-0.05, 0) is 30.5 Å². The molecule has 0 fully saturated rings. The van der Waals surface area contributed by atoms with Gasteiger partial charge in [0.1, 0.15) is 0 Å². The highest BCUT2D eigenvalue weighted by Crippen LogP contribution is 2.22. The summed E-state index contributed by atoms with van der Waals surface area (Å²) in [5.41, 5.74) is 0.535. The molecule has 0 aromatic heterocycles. The van der Waals surface area contributed by atoms with Crippen molar-refractivity contribution in [3.05, 3.63) is 29.3 Å². The van der Waals surface area contributed by atoms with E-state index < -0.39 is 11.6 Å². The molecule has 0 aliphatic heterocycles. The van der Waals surface area contributed by atoms with E-state index in [0.717, 1.165) is 18.9 Å². The van der Waals surface area contributed by atoms with Gasteiger partial charge in [-0.15, -0.1) is 0 Å².